The van der Waals surface area contributed by atoms with E-state index < -0.39 is 23.9 Å². The maximum atomic E-state index is 10.1. The molecule has 15 heteroatoms. The maximum absolute atomic E-state index is 10.1. The third-order valence-corrected chi connectivity index (χ3v) is 7.27. The zero-order valence-corrected chi connectivity index (χ0v) is 28.6. The van der Waals surface area contributed by atoms with Gasteiger partial charge in [0.15, 0.2) is 11.5 Å². The number of aryl methyl sites for hydroxylation is 1. The Kier molecular flexibility index (Phi) is 18.4. The van der Waals surface area contributed by atoms with Crippen LogP contribution in [0.3, 0.4) is 0 Å². The molecule has 0 aromatic heterocycles. The molecule has 0 atom stereocenters. The monoisotopic (exact) mass is 690 g/mol. The lowest BCUT2D eigenvalue weighted by Crippen LogP contribution is -2.46. The first-order valence-corrected chi connectivity index (χ1v) is 15.1. The second-order valence-corrected chi connectivity index (χ2v) is 10.6. The summed E-state index contributed by atoms with van der Waals surface area (Å²) in [5.74, 6) is -1.73. The molecule has 0 amide bonds. The number of carbonyl (C=O) groups is 4. The van der Waals surface area contributed by atoms with Crippen molar-refractivity contribution < 1.29 is 63.7 Å². The summed E-state index contributed by atoms with van der Waals surface area (Å²) in [4.78, 5) is 43.2. The number of ether oxygens (including phenoxy) is 4. The van der Waals surface area contributed by atoms with Crippen molar-refractivity contribution in [3.05, 3.63) is 64.8 Å². The van der Waals surface area contributed by atoms with Gasteiger partial charge in [-0.15, -0.1) is 0 Å². The summed E-state index contributed by atoms with van der Waals surface area (Å²) in [5.41, 5.74) is 3.87. The van der Waals surface area contributed by atoms with Crippen molar-refractivity contribution in [2.75, 3.05) is 60.7 Å². The summed E-state index contributed by atoms with van der Waals surface area (Å²) in [6, 6.07) is 5.92. The highest BCUT2D eigenvalue weighted by Gasteiger charge is 2.21. The number of aromatic hydroxyl groups is 1. The molecule has 270 valence electrons. The second kappa shape index (κ2) is 21.6. The molecule has 1 saturated heterocycles. The van der Waals surface area contributed by atoms with Gasteiger partial charge in [-0.25, -0.2) is 19.2 Å². The van der Waals surface area contributed by atoms with Gasteiger partial charge < -0.3 is 49.4 Å². The van der Waals surface area contributed by atoms with Crippen molar-refractivity contribution >= 4 is 23.9 Å². The van der Waals surface area contributed by atoms with Crippen molar-refractivity contribution in [3.8, 4) is 28.7 Å². The van der Waals surface area contributed by atoms with Crippen molar-refractivity contribution in [3.63, 3.8) is 0 Å². The van der Waals surface area contributed by atoms with Crippen LogP contribution in [-0.4, -0.2) is 120 Å². The number of piperazine rings is 1. The number of methoxy groups -OCH3 is 3. The average molecular weight is 691 g/mol. The van der Waals surface area contributed by atoms with Crippen molar-refractivity contribution in [1.82, 2.24) is 9.80 Å². The van der Waals surface area contributed by atoms with Crippen LogP contribution in [0.5, 0.6) is 28.7 Å². The Morgan fingerprint density at radius 2 is 1.18 bits per heavy atom. The first-order chi connectivity index (χ1) is 23.1. The fourth-order valence-electron chi connectivity index (χ4n) is 4.64. The molecule has 0 bridgehead atoms. The van der Waals surface area contributed by atoms with E-state index in [1.807, 2.05) is 32.9 Å². The molecule has 3 rings (SSSR count). The Balaban J connectivity index is 0.000000620. The predicted molar refractivity (Wildman–Crippen MR) is 179 cm³/mol. The smallest absolute Gasteiger partial charge is 0.328 e. The molecule has 0 saturated carbocycles. The lowest BCUT2D eigenvalue weighted by atomic mass is 10.0. The molecule has 15 nitrogen and oxygen atoms in total. The lowest BCUT2D eigenvalue weighted by Gasteiger charge is -2.35. The number of phenols is 1. The van der Waals surface area contributed by atoms with Gasteiger partial charge in [0.2, 0.25) is 5.75 Å². The summed E-state index contributed by atoms with van der Waals surface area (Å²) in [7, 11) is 4.94. The number of hydrogen-bond acceptors (Lipinski definition) is 11. The molecule has 2 aromatic carbocycles. The Morgan fingerprint density at radius 3 is 1.63 bits per heavy atom. The molecule has 2 aromatic rings. The molecule has 0 radical (unpaired) electrons. The normalized spacial score (nSPS) is 13.1. The number of rotatable bonds is 14. The molecule has 49 heavy (non-hydrogen) atoms. The number of benzene rings is 2. The number of phenolic OH excluding ortho intramolecular Hbond substituents is 1. The van der Waals surface area contributed by atoms with Crippen LogP contribution in [0, 0.1) is 20.8 Å². The molecular weight excluding hydrogens is 644 g/mol. The molecule has 1 aliphatic heterocycles. The highest BCUT2D eigenvalue weighted by atomic mass is 16.5. The van der Waals surface area contributed by atoms with E-state index >= 15 is 0 Å². The van der Waals surface area contributed by atoms with Gasteiger partial charge >= 0.3 is 23.9 Å². The van der Waals surface area contributed by atoms with Crippen LogP contribution in [-0.2, 0) is 25.7 Å². The number of carboxylic acid groups (broad SMARTS) is 4. The molecule has 0 aliphatic carbocycles. The summed E-state index contributed by atoms with van der Waals surface area (Å²) >= 11 is 0. The zero-order chi connectivity index (χ0) is 37.1. The largest absolute Gasteiger partial charge is 0.507 e. The average Bonchev–Trinajstić information content (AvgIpc) is 3.06. The van der Waals surface area contributed by atoms with Gasteiger partial charge in [0, 0.05) is 69.1 Å². The molecule has 5 N–H and O–H groups in total. The standard InChI is InChI=1S/C26H38N2O5.2C4H4O4/c1-18-16-23(19(2)20(3)24(18)29)33-15-7-10-27-11-13-28(14-12-27)17-21-8-9-22(30-4)26(32-6)25(21)31-5;2*5-3(6)1-2-4(7)8/h8-9,16,29H,7,10-15,17H2,1-6H3;2*1-2H,(H,5,6)(H,7,8). The number of hydrogen-bond donors (Lipinski definition) is 5. The Morgan fingerprint density at radius 1 is 0.694 bits per heavy atom. The third kappa shape index (κ3) is 15.0. The van der Waals surface area contributed by atoms with E-state index in [0.29, 0.717) is 48.2 Å². The van der Waals surface area contributed by atoms with Gasteiger partial charge in [-0.05, 0) is 56.0 Å². The summed E-state index contributed by atoms with van der Waals surface area (Å²) < 4.78 is 22.6. The van der Waals surface area contributed by atoms with E-state index in [2.05, 4.69) is 15.9 Å². The van der Waals surface area contributed by atoms with Crippen LogP contribution in [0.2, 0.25) is 0 Å². The van der Waals surface area contributed by atoms with Crippen LogP contribution >= 0.6 is 0 Å². The minimum Gasteiger partial charge on any atom is -0.507 e. The zero-order valence-electron chi connectivity index (χ0n) is 28.6. The highest BCUT2D eigenvalue weighted by Crippen LogP contribution is 2.40. The number of aliphatic carboxylic acids is 4. The van der Waals surface area contributed by atoms with E-state index in [1.54, 1.807) is 21.3 Å². The molecule has 0 spiro atoms. The summed E-state index contributed by atoms with van der Waals surface area (Å²) in [5, 5.41) is 41.3. The summed E-state index contributed by atoms with van der Waals surface area (Å²) in [6.45, 7) is 12.4. The van der Waals surface area contributed by atoms with Gasteiger partial charge in [0.05, 0.1) is 27.9 Å². The van der Waals surface area contributed by atoms with E-state index in [-0.39, 0.29) is 0 Å². The molecule has 0 unspecified atom stereocenters. The van der Waals surface area contributed by atoms with Gasteiger partial charge in [-0.1, -0.05) is 6.07 Å². The van der Waals surface area contributed by atoms with Gasteiger partial charge in [0.1, 0.15) is 11.5 Å². The predicted octanol–water partition coefficient (Wildman–Crippen LogP) is 3.35. The second-order valence-electron chi connectivity index (χ2n) is 10.6. The molecular formula is C34H46N2O13. The molecule has 1 aliphatic rings. The fourth-order valence-corrected chi connectivity index (χ4v) is 4.64. The van der Waals surface area contributed by atoms with Crippen LogP contribution in [0.4, 0.5) is 0 Å². The first-order valence-electron chi connectivity index (χ1n) is 15.1. The fraction of sp³-hybridized carbons (Fsp3) is 0.412. The van der Waals surface area contributed by atoms with Crippen LogP contribution in [0.1, 0.15) is 28.7 Å². The van der Waals surface area contributed by atoms with E-state index in [0.717, 1.165) is 79.4 Å². The molecule has 1 heterocycles. The third-order valence-electron chi connectivity index (χ3n) is 7.27. The Bertz CT molecular complexity index is 1410. The topological polar surface area (TPSA) is 213 Å². The Labute approximate surface area is 285 Å². The Hall–Kier alpha value is -5.28. The van der Waals surface area contributed by atoms with E-state index in [9.17, 15) is 24.3 Å². The SMILES string of the molecule is COc1ccc(CN2CCN(CCCOc3cc(C)c(O)c(C)c3C)CC2)c(OC)c1OC.O=C(O)C=CC(=O)O.O=C(O)C=CC(=O)O. The lowest BCUT2D eigenvalue weighted by molar-refractivity contribution is -0.134. The van der Waals surface area contributed by atoms with Crippen LogP contribution < -0.4 is 18.9 Å². The van der Waals surface area contributed by atoms with E-state index in [4.69, 9.17) is 39.4 Å². The first kappa shape index (κ1) is 41.7. The van der Waals surface area contributed by atoms with Gasteiger partial charge in [-0.3, -0.25) is 4.90 Å². The van der Waals surface area contributed by atoms with Gasteiger partial charge in [0.25, 0.3) is 0 Å². The van der Waals surface area contributed by atoms with Crippen molar-refractivity contribution in [2.45, 2.75) is 33.7 Å². The van der Waals surface area contributed by atoms with Crippen LogP contribution in [0.15, 0.2) is 42.5 Å². The molecule has 1 fully saturated rings. The minimum atomic E-state index is -1.26. The quantitative estimate of drug-likeness (QED) is 0.142. The van der Waals surface area contributed by atoms with Crippen molar-refractivity contribution in [2.24, 2.45) is 0 Å². The van der Waals surface area contributed by atoms with Crippen molar-refractivity contribution in [1.29, 1.82) is 0 Å². The minimum absolute atomic E-state index is 0.364. The summed E-state index contributed by atoms with van der Waals surface area (Å²) in [6.07, 6.45) is 3.21. The maximum Gasteiger partial charge on any atom is 0.328 e. The van der Waals surface area contributed by atoms with Crippen LogP contribution in [0.25, 0.3) is 0 Å². The number of nitrogens with zero attached hydrogens (tertiary/aromatic N) is 2. The van der Waals surface area contributed by atoms with E-state index in [1.165, 1.54) is 0 Å². The van der Waals surface area contributed by atoms with Gasteiger partial charge in [-0.2, -0.15) is 0 Å². The number of carboxylic acids is 4. The highest BCUT2D eigenvalue weighted by molar-refractivity contribution is 5.90.